The summed E-state index contributed by atoms with van der Waals surface area (Å²) in [5.41, 5.74) is 1.71. The van der Waals surface area contributed by atoms with Crippen LogP contribution in [0.1, 0.15) is 39.0 Å². The Labute approximate surface area is 161 Å². The van der Waals surface area contributed by atoms with E-state index < -0.39 is 10.0 Å². The normalized spacial score (nSPS) is 16.5. The maximum atomic E-state index is 12.3. The molecule has 148 valence electrons. The van der Waals surface area contributed by atoms with Crippen molar-refractivity contribution in [2.75, 3.05) is 25.4 Å². The highest BCUT2D eigenvalue weighted by Crippen LogP contribution is 2.24. The maximum Gasteiger partial charge on any atom is 0.214 e. The molecule has 27 heavy (non-hydrogen) atoms. The Bertz CT molecular complexity index is 783. The van der Waals surface area contributed by atoms with E-state index in [4.69, 9.17) is 4.74 Å². The van der Waals surface area contributed by atoms with Crippen molar-refractivity contribution in [3.8, 4) is 17.1 Å². The van der Waals surface area contributed by atoms with Crippen LogP contribution in [-0.4, -0.2) is 53.4 Å². The highest BCUT2D eigenvalue weighted by Gasteiger charge is 2.27. The number of aromatic amines is 1. The quantitative estimate of drug-likeness (QED) is 0.708. The van der Waals surface area contributed by atoms with Gasteiger partial charge in [-0.1, -0.05) is 13.3 Å². The van der Waals surface area contributed by atoms with E-state index in [0.29, 0.717) is 25.6 Å². The lowest BCUT2D eigenvalue weighted by molar-refractivity contribution is 0.219. The molecular weight excluding hydrogens is 364 g/mol. The molecule has 1 N–H and O–H groups in total. The lowest BCUT2D eigenvalue weighted by Crippen LogP contribution is -2.39. The molecule has 0 unspecified atom stereocenters. The molecule has 8 heteroatoms. The molecule has 0 saturated carbocycles. The summed E-state index contributed by atoms with van der Waals surface area (Å²) in [4.78, 5) is 4.38. The number of sulfonamides is 1. The number of nitrogens with zero attached hydrogens (tertiary/aromatic N) is 3. The Hall–Kier alpha value is -1.93. The third kappa shape index (κ3) is 5.52. The number of nitrogens with one attached hydrogen (secondary N) is 1. The van der Waals surface area contributed by atoms with Crippen LogP contribution in [0.3, 0.4) is 0 Å². The van der Waals surface area contributed by atoms with E-state index in [-0.39, 0.29) is 5.75 Å². The zero-order valence-corrected chi connectivity index (χ0v) is 16.6. The van der Waals surface area contributed by atoms with E-state index in [1.165, 1.54) is 0 Å². The molecule has 1 aliphatic rings. The van der Waals surface area contributed by atoms with Crippen molar-refractivity contribution in [3.05, 3.63) is 30.6 Å². The highest BCUT2D eigenvalue weighted by atomic mass is 32.2. The van der Waals surface area contributed by atoms with Crippen LogP contribution in [0.4, 0.5) is 0 Å². The highest BCUT2D eigenvalue weighted by molar-refractivity contribution is 7.89. The number of unbranched alkanes of at least 4 members (excludes halogenated alkanes) is 1. The van der Waals surface area contributed by atoms with Gasteiger partial charge in [0.1, 0.15) is 5.75 Å². The fourth-order valence-corrected chi connectivity index (χ4v) is 4.98. The first kappa shape index (κ1) is 19.8. The third-order valence-corrected chi connectivity index (χ3v) is 6.99. The van der Waals surface area contributed by atoms with E-state index >= 15 is 0 Å². The number of pyridine rings is 1. The molecule has 0 spiro atoms. The van der Waals surface area contributed by atoms with Gasteiger partial charge in [0.25, 0.3) is 0 Å². The molecule has 0 aliphatic carbocycles. The minimum absolute atomic E-state index is 0.277. The smallest absolute Gasteiger partial charge is 0.214 e. The van der Waals surface area contributed by atoms with Crippen LogP contribution in [0.5, 0.6) is 5.75 Å². The Morgan fingerprint density at radius 2 is 2.07 bits per heavy atom. The summed E-state index contributed by atoms with van der Waals surface area (Å²) in [6.45, 7) is 3.91. The van der Waals surface area contributed by atoms with Crippen LogP contribution in [0.2, 0.25) is 0 Å². The summed E-state index contributed by atoms with van der Waals surface area (Å²) in [5, 5.41) is 6.80. The third-order valence-electron chi connectivity index (χ3n) is 5.03. The summed E-state index contributed by atoms with van der Waals surface area (Å²) in [5.74, 6) is 1.54. The Balaban J connectivity index is 1.39. The van der Waals surface area contributed by atoms with Crippen molar-refractivity contribution in [1.82, 2.24) is 19.5 Å². The van der Waals surface area contributed by atoms with Crippen LogP contribution in [0.25, 0.3) is 11.4 Å². The van der Waals surface area contributed by atoms with Crippen LogP contribution < -0.4 is 4.74 Å². The van der Waals surface area contributed by atoms with E-state index in [9.17, 15) is 8.42 Å². The summed E-state index contributed by atoms with van der Waals surface area (Å²) in [6.07, 6.45) is 7.82. The first-order chi connectivity index (χ1) is 13.1. The molecule has 2 aromatic heterocycles. The number of hydrogen-bond donors (Lipinski definition) is 1. The number of ether oxygens (including phenoxy) is 1. The Morgan fingerprint density at radius 1 is 1.26 bits per heavy atom. The van der Waals surface area contributed by atoms with Gasteiger partial charge < -0.3 is 4.74 Å². The fraction of sp³-hybridized carbons (Fsp3) is 0.579. The topological polar surface area (TPSA) is 88.2 Å². The van der Waals surface area contributed by atoms with E-state index in [2.05, 4.69) is 15.2 Å². The second-order valence-electron chi connectivity index (χ2n) is 7.00. The average molecular weight is 393 g/mol. The lowest BCUT2D eigenvalue weighted by atomic mass is 9.95. The second kappa shape index (κ2) is 9.32. The largest absolute Gasteiger partial charge is 0.492 e. The van der Waals surface area contributed by atoms with Crippen molar-refractivity contribution in [1.29, 1.82) is 0 Å². The summed E-state index contributed by atoms with van der Waals surface area (Å²) >= 11 is 0. The molecule has 1 saturated heterocycles. The predicted octanol–water partition coefficient (Wildman–Crippen LogP) is 3.08. The number of H-pyrrole nitrogens is 1. The molecule has 1 aliphatic heterocycles. The van der Waals surface area contributed by atoms with Gasteiger partial charge in [0.05, 0.1) is 29.9 Å². The predicted molar refractivity (Wildman–Crippen MR) is 105 cm³/mol. The van der Waals surface area contributed by atoms with Gasteiger partial charge in [-0.05, 0) is 49.8 Å². The first-order valence-electron chi connectivity index (χ1n) is 9.65. The standard InChI is InChI=1S/C19H28N4O3S/c1-2-3-14-27(24,25)23-11-7-16(8-12-23)9-13-26-17-4-5-18(20-15-17)19-6-10-21-22-19/h4-6,10,15-16H,2-3,7-9,11-14H2,1H3,(H,21,22). The number of rotatable bonds is 9. The van der Waals surface area contributed by atoms with Crippen molar-refractivity contribution >= 4 is 10.0 Å². The molecule has 0 aromatic carbocycles. The zero-order valence-electron chi connectivity index (χ0n) is 15.8. The minimum atomic E-state index is -3.07. The maximum absolute atomic E-state index is 12.3. The van der Waals surface area contributed by atoms with Crippen molar-refractivity contribution in [2.24, 2.45) is 5.92 Å². The van der Waals surface area contributed by atoms with Gasteiger partial charge in [0.2, 0.25) is 10.0 Å². The Morgan fingerprint density at radius 3 is 2.70 bits per heavy atom. The Kier molecular flexibility index (Phi) is 6.84. The molecule has 0 radical (unpaired) electrons. The molecule has 0 atom stereocenters. The lowest BCUT2D eigenvalue weighted by Gasteiger charge is -2.31. The van der Waals surface area contributed by atoms with Gasteiger partial charge in [-0.3, -0.25) is 10.1 Å². The van der Waals surface area contributed by atoms with Gasteiger partial charge in [-0.2, -0.15) is 5.10 Å². The minimum Gasteiger partial charge on any atom is -0.492 e. The number of hydrogen-bond acceptors (Lipinski definition) is 5. The van der Waals surface area contributed by atoms with Gasteiger partial charge in [0, 0.05) is 19.3 Å². The summed E-state index contributed by atoms with van der Waals surface area (Å²) in [7, 11) is -3.07. The molecule has 3 rings (SSSR count). The fourth-order valence-electron chi connectivity index (χ4n) is 3.30. The van der Waals surface area contributed by atoms with E-state index in [1.807, 2.05) is 25.1 Å². The van der Waals surface area contributed by atoms with Crippen LogP contribution in [0, 0.1) is 5.92 Å². The second-order valence-corrected chi connectivity index (χ2v) is 9.09. The van der Waals surface area contributed by atoms with Crippen LogP contribution in [-0.2, 0) is 10.0 Å². The van der Waals surface area contributed by atoms with Crippen molar-refractivity contribution in [3.63, 3.8) is 0 Å². The van der Waals surface area contributed by atoms with Gasteiger partial charge in [-0.15, -0.1) is 0 Å². The monoisotopic (exact) mass is 392 g/mol. The van der Waals surface area contributed by atoms with Gasteiger partial charge in [-0.25, -0.2) is 12.7 Å². The molecule has 7 nitrogen and oxygen atoms in total. The van der Waals surface area contributed by atoms with E-state index in [1.54, 1.807) is 16.7 Å². The van der Waals surface area contributed by atoms with E-state index in [0.717, 1.165) is 49.2 Å². The summed E-state index contributed by atoms with van der Waals surface area (Å²) < 4.78 is 32.0. The molecule has 1 fully saturated rings. The van der Waals surface area contributed by atoms with Crippen LogP contribution in [0.15, 0.2) is 30.6 Å². The zero-order chi connectivity index (χ0) is 19.1. The number of piperidine rings is 1. The van der Waals surface area contributed by atoms with Crippen LogP contribution >= 0.6 is 0 Å². The molecule has 2 aromatic rings. The van der Waals surface area contributed by atoms with Crippen molar-refractivity contribution < 1.29 is 13.2 Å². The summed E-state index contributed by atoms with van der Waals surface area (Å²) in [6, 6.07) is 5.69. The molecule has 0 bridgehead atoms. The molecule has 0 amide bonds. The first-order valence-corrected chi connectivity index (χ1v) is 11.3. The molecular formula is C19H28N4O3S. The van der Waals surface area contributed by atoms with Gasteiger partial charge >= 0.3 is 0 Å². The van der Waals surface area contributed by atoms with Crippen molar-refractivity contribution in [2.45, 2.75) is 39.0 Å². The average Bonchev–Trinajstić information content (AvgIpc) is 3.22. The molecule has 3 heterocycles. The van der Waals surface area contributed by atoms with Gasteiger partial charge in [0.15, 0.2) is 0 Å². The SMILES string of the molecule is CCCCS(=O)(=O)N1CCC(CCOc2ccc(-c3ccn[nH]3)nc2)CC1. The number of aromatic nitrogens is 3.